The summed E-state index contributed by atoms with van der Waals surface area (Å²) < 4.78 is 6.43. The normalized spacial score (nSPS) is 20.2. The van der Waals surface area contributed by atoms with Gasteiger partial charge in [0.05, 0.1) is 12.3 Å². The van der Waals surface area contributed by atoms with Crippen LogP contribution in [0.3, 0.4) is 0 Å². The van der Waals surface area contributed by atoms with Crippen LogP contribution in [0.2, 0.25) is 0 Å². The van der Waals surface area contributed by atoms with Crippen molar-refractivity contribution in [2.75, 3.05) is 33.3 Å². The quantitative estimate of drug-likeness (QED) is 0.101. The number of phenols is 1. The van der Waals surface area contributed by atoms with Crippen LogP contribution >= 0.6 is 11.3 Å². The SMILES string of the molecule is C=C(O)[C@@H]1C[C@@H](NC(=O)c2csc([C@@H](C[C@H](C(C)C)N(CCC)C(=O)[C@@H](NC(=O)[C@H]3CCCCN3C(=O)CNC)[C@@H](C)CC)OCCC)n2)Cc2ccc(O)cc21. The van der Waals surface area contributed by atoms with Gasteiger partial charge < -0.3 is 40.7 Å². The maximum absolute atomic E-state index is 14.8. The fourth-order valence-corrected chi connectivity index (χ4v) is 8.96. The van der Waals surface area contributed by atoms with E-state index in [2.05, 4.69) is 36.4 Å². The Labute approximate surface area is 343 Å². The van der Waals surface area contributed by atoms with Gasteiger partial charge in [-0.3, -0.25) is 19.2 Å². The number of phenolic OH excluding ortho intramolecular Hbond substituents is 1. The van der Waals surface area contributed by atoms with Gasteiger partial charge in [-0.05, 0) is 87.1 Å². The zero-order valence-electron chi connectivity index (χ0n) is 35.0. The minimum Gasteiger partial charge on any atom is -0.512 e. The average molecular weight is 811 g/mol. The molecule has 14 heteroatoms. The Kier molecular flexibility index (Phi) is 17.4. The predicted octanol–water partition coefficient (Wildman–Crippen LogP) is 6.00. The Balaban J connectivity index is 1.55. The second-order valence-electron chi connectivity index (χ2n) is 16.0. The lowest BCUT2D eigenvalue weighted by Gasteiger charge is -2.40. The first kappa shape index (κ1) is 45.7. The molecule has 0 spiro atoms. The molecule has 1 aliphatic heterocycles. The first-order chi connectivity index (χ1) is 27.2. The van der Waals surface area contributed by atoms with Crippen molar-refractivity contribution < 1.29 is 34.1 Å². The summed E-state index contributed by atoms with van der Waals surface area (Å²) in [6.07, 6.45) is 5.31. The molecule has 1 fully saturated rings. The molecule has 0 unspecified atom stereocenters. The molecule has 0 bridgehead atoms. The second kappa shape index (κ2) is 21.7. The Morgan fingerprint density at radius 3 is 2.53 bits per heavy atom. The molecule has 2 heterocycles. The van der Waals surface area contributed by atoms with Gasteiger partial charge >= 0.3 is 0 Å². The number of hydrogen-bond acceptors (Lipinski definition) is 10. The van der Waals surface area contributed by atoms with Gasteiger partial charge in [-0.25, -0.2) is 4.98 Å². The Hall–Kier alpha value is -4.01. The number of carbonyl (C=O) groups is 4. The Morgan fingerprint density at radius 1 is 1.12 bits per heavy atom. The van der Waals surface area contributed by atoms with Gasteiger partial charge in [0.25, 0.3) is 5.91 Å². The van der Waals surface area contributed by atoms with E-state index in [0.717, 1.165) is 30.4 Å². The maximum Gasteiger partial charge on any atom is 0.270 e. The molecule has 2 aliphatic rings. The van der Waals surface area contributed by atoms with Crippen molar-refractivity contribution in [2.24, 2.45) is 11.8 Å². The Morgan fingerprint density at radius 2 is 1.88 bits per heavy atom. The number of ether oxygens (including phenoxy) is 1. The monoisotopic (exact) mass is 810 g/mol. The van der Waals surface area contributed by atoms with E-state index < -0.39 is 24.1 Å². The predicted molar refractivity (Wildman–Crippen MR) is 223 cm³/mol. The van der Waals surface area contributed by atoms with Crippen molar-refractivity contribution in [3.05, 3.63) is 57.7 Å². The summed E-state index contributed by atoms with van der Waals surface area (Å²) >= 11 is 1.35. The highest BCUT2D eigenvalue weighted by Crippen LogP contribution is 2.38. The van der Waals surface area contributed by atoms with Crippen LogP contribution in [0.1, 0.15) is 132 Å². The molecule has 0 saturated carbocycles. The largest absolute Gasteiger partial charge is 0.512 e. The zero-order valence-corrected chi connectivity index (χ0v) is 35.8. The summed E-state index contributed by atoms with van der Waals surface area (Å²) in [4.78, 5) is 63.6. The molecule has 2 aromatic rings. The standard InChI is InChI=1S/C43H66N6O7S/c1-9-17-49(43(55)39(27(6)11-3)47-41(54)35-14-12-13-18-48(35)38(52)24-44-8)36(26(4)5)23-37(56-19-10-2)42-46-34(25-57-42)40(53)45-30-20-29-15-16-31(51)22-33(29)32(21-30)28(7)50/h15-16,22,25-27,30,32,35-37,39,44,50-51H,7,9-14,17-21,23-24H2,1-6,8H3,(H,45,53)(H,47,54)/t27-,30-,32-,35+,36+,37+,39-/m0/s1. The van der Waals surface area contributed by atoms with Crippen LogP contribution in [0.15, 0.2) is 35.9 Å². The zero-order chi connectivity index (χ0) is 41.8. The number of rotatable bonds is 20. The first-order valence-electron chi connectivity index (χ1n) is 20.9. The van der Waals surface area contributed by atoms with E-state index in [-0.39, 0.29) is 71.3 Å². The van der Waals surface area contributed by atoms with Crippen LogP contribution in [0.4, 0.5) is 0 Å². The lowest BCUT2D eigenvalue weighted by Crippen LogP contribution is -2.60. The number of aromatic nitrogens is 1. The van der Waals surface area contributed by atoms with Crippen LogP contribution in [-0.4, -0.2) is 106 Å². The van der Waals surface area contributed by atoms with Crippen molar-refractivity contribution in [2.45, 2.75) is 136 Å². The molecular formula is C43H66N6O7S. The van der Waals surface area contributed by atoms with Crippen molar-refractivity contribution in [3.8, 4) is 5.75 Å². The molecule has 1 saturated heterocycles. The lowest BCUT2D eigenvalue weighted by atomic mass is 9.79. The van der Waals surface area contributed by atoms with Crippen LogP contribution < -0.4 is 16.0 Å². The number of likely N-dealkylation sites (tertiary alicyclic amines) is 1. The topological polar surface area (TPSA) is 173 Å². The molecule has 13 nitrogen and oxygen atoms in total. The van der Waals surface area contributed by atoms with E-state index >= 15 is 0 Å². The molecule has 7 atom stereocenters. The summed E-state index contributed by atoms with van der Waals surface area (Å²) in [6, 6.07) is 3.11. The van der Waals surface area contributed by atoms with E-state index in [9.17, 15) is 29.4 Å². The van der Waals surface area contributed by atoms with E-state index in [0.29, 0.717) is 63.2 Å². The molecule has 5 N–H and O–H groups in total. The van der Waals surface area contributed by atoms with Gasteiger partial charge in [-0.2, -0.15) is 0 Å². The summed E-state index contributed by atoms with van der Waals surface area (Å²) in [7, 11) is 1.71. The number of hydrogen-bond donors (Lipinski definition) is 5. The van der Waals surface area contributed by atoms with E-state index in [1.165, 1.54) is 11.3 Å². The average Bonchev–Trinajstić information content (AvgIpc) is 3.69. The number of fused-ring (bicyclic) bond motifs is 1. The van der Waals surface area contributed by atoms with E-state index in [1.807, 2.05) is 38.7 Å². The third-order valence-corrected chi connectivity index (χ3v) is 12.3. The molecule has 1 aromatic heterocycles. The number of nitrogens with zero attached hydrogens (tertiary/aromatic N) is 3. The van der Waals surface area contributed by atoms with Crippen molar-refractivity contribution in [3.63, 3.8) is 0 Å². The molecule has 4 amide bonds. The number of aliphatic hydroxyl groups excluding tert-OH is 1. The van der Waals surface area contributed by atoms with Gasteiger partial charge in [-0.15, -0.1) is 11.3 Å². The molecule has 4 rings (SSSR count). The van der Waals surface area contributed by atoms with E-state index in [1.54, 1.807) is 29.5 Å². The fourth-order valence-electron chi connectivity index (χ4n) is 8.10. The number of piperidine rings is 1. The molecular weight excluding hydrogens is 745 g/mol. The summed E-state index contributed by atoms with van der Waals surface area (Å²) in [5.74, 6) is -1.35. The van der Waals surface area contributed by atoms with Crippen LogP contribution in [0.5, 0.6) is 5.75 Å². The number of carbonyl (C=O) groups excluding carboxylic acids is 4. The highest BCUT2D eigenvalue weighted by atomic mass is 32.1. The van der Waals surface area contributed by atoms with Crippen LogP contribution in [-0.2, 0) is 25.5 Å². The number of thiazole rings is 1. The van der Waals surface area contributed by atoms with E-state index in [4.69, 9.17) is 9.72 Å². The minimum absolute atomic E-state index is 0.0200. The maximum atomic E-state index is 14.8. The number of likely N-dealkylation sites (N-methyl/N-ethyl adjacent to an activating group) is 1. The smallest absolute Gasteiger partial charge is 0.270 e. The third kappa shape index (κ3) is 11.8. The molecule has 316 valence electrons. The number of aliphatic hydroxyl groups is 1. The van der Waals surface area contributed by atoms with Gasteiger partial charge in [0, 0.05) is 49.5 Å². The van der Waals surface area contributed by atoms with Gasteiger partial charge in [0.2, 0.25) is 17.7 Å². The summed E-state index contributed by atoms with van der Waals surface area (Å²) in [6.45, 7) is 17.6. The third-order valence-electron chi connectivity index (χ3n) is 11.4. The Bertz CT molecular complexity index is 1680. The molecule has 1 aliphatic carbocycles. The van der Waals surface area contributed by atoms with Gasteiger partial charge in [0.15, 0.2) is 0 Å². The van der Waals surface area contributed by atoms with Gasteiger partial charge in [0.1, 0.15) is 34.6 Å². The van der Waals surface area contributed by atoms with Gasteiger partial charge in [-0.1, -0.05) is 60.6 Å². The number of benzene rings is 1. The van der Waals surface area contributed by atoms with Crippen molar-refractivity contribution in [1.82, 2.24) is 30.7 Å². The summed E-state index contributed by atoms with van der Waals surface area (Å²) in [5.41, 5.74) is 2.00. The van der Waals surface area contributed by atoms with Crippen molar-refractivity contribution >= 4 is 35.0 Å². The molecule has 1 aromatic carbocycles. The minimum atomic E-state index is -0.774. The number of amides is 4. The second-order valence-corrected chi connectivity index (χ2v) is 16.9. The highest BCUT2D eigenvalue weighted by Gasteiger charge is 2.39. The fraction of sp³-hybridized carbons (Fsp3) is 0.651. The lowest BCUT2D eigenvalue weighted by molar-refractivity contribution is -0.145. The van der Waals surface area contributed by atoms with Crippen LogP contribution in [0.25, 0.3) is 0 Å². The van der Waals surface area contributed by atoms with Crippen molar-refractivity contribution in [1.29, 1.82) is 0 Å². The molecule has 0 radical (unpaired) electrons. The number of nitrogens with one attached hydrogen (secondary N) is 3. The number of aromatic hydroxyl groups is 1. The molecule has 57 heavy (non-hydrogen) atoms. The number of allylic oxidation sites excluding steroid dienone is 1. The summed E-state index contributed by atoms with van der Waals surface area (Å²) in [5, 5.41) is 31.9. The first-order valence-corrected chi connectivity index (χ1v) is 21.7. The van der Waals surface area contributed by atoms with Crippen LogP contribution in [0, 0.1) is 11.8 Å². The highest BCUT2D eigenvalue weighted by molar-refractivity contribution is 7.09.